The van der Waals surface area contributed by atoms with Crippen molar-refractivity contribution < 1.29 is 9.53 Å². The van der Waals surface area contributed by atoms with E-state index in [1.807, 2.05) is 78.5 Å². The summed E-state index contributed by atoms with van der Waals surface area (Å²) in [5.74, 6) is 0.687. The number of thiocarbonyl (C=S) groups is 1. The molecule has 0 bridgehead atoms. The van der Waals surface area contributed by atoms with Gasteiger partial charge in [0.2, 0.25) is 0 Å². The summed E-state index contributed by atoms with van der Waals surface area (Å²) in [7, 11) is 1.69. The predicted octanol–water partition coefficient (Wildman–Crippen LogP) is 4.77. The largest absolute Gasteiger partial charge is 0.494 e. The number of carbonyl (C=O) groups is 1. The monoisotopic (exact) mass is 421 g/mol. The zero-order chi connectivity index (χ0) is 20.4. The maximum atomic E-state index is 12.5. The molecule has 1 aromatic heterocycles. The van der Waals surface area contributed by atoms with E-state index in [4.69, 9.17) is 22.1 Å². The summed E-state index contributed by atoms with van der Waals surface area (Å²) < 4.78 is 8.02. The Morgan fingerprint density at radius 3 is 2.66 bits per heavy atom. The molecule has 2 heterocycles. The van der Waals surface area contributed by atoms with Gasteiger partial charge >= 0.3 is 0 Å². The number of hydrogen-bond acceptors (Lipinski definition) is 5. The molecule has 0 spiro atoms. The third-order valence-corrected chi connectivity index (χ3v) is 5.94. The lowest BCUT2D eigenvalue weighted by atomic mass is 10.1. The van der Waals surface area contributed by atoms with Gasteiger partial charge in [-0.15, -0.1) is 0 Å². The predicted molar refractivity (Wildman–Crippen MR) is 121 cm³/mol. The lowest BCUT2D eigenvalue weighted by Gasteiger charge is -2.05. The molecule has 3 aromatic rings. The second-order valence-electron chi connectivity index (χ2n) is 6.41. The van der Waals surface area contributed by atoms with Crippen LogP contribution in [0.1, 0.15) is 12.5 Å². The highest BCUT2D eigenvalue weighted by Crippen LogP contribution is 2.34. The number of rotatable bonds is 5. The van der Waals surface area contributed by atoms with Crippen molar-refractivity contribution in [3.05, 3.63) is 71.3 Å². The molecule has 0 radical (unpaired) electrons. The first-order chi connectivity index (χ1) is 14.1. The Labute approximate surface area is 179 Å². The minimum Gasteiger partial charge on any atom is -0.494 e. The quantitative estimate of drug-likeness (QED) is 0.439. The molecule has 1 saturated heterocycles. The molecule has 1 aliphatic rings. The first-order valence-corrected chi connectivity index (χ1v) is 10.4. The van der Waals surface area contributed by atoms with Crippen LogP contribution in [0.15, 0.2) is 65.7 Å². The van der Waals surface area contributed by atoms with Gasteiger partial charge in [-0.05, 0) is 37.3 Å². The van der Waals surface area contributed by atoms with E-state index in [-0.39, 0.29) is 5.91 Å². The maximum Gasteiger partial charge on any atom is 0.265 e. The molecule has 146 valence electrons. The molecule has 1 aliphatic heterocycles. The van der Waals surface area contributed by atoms with Crippen LogP contribution in [0.3, 0.4) is 0 Å². The van der Waals surface area contributed by atoms with Crippen LogP contribution in [-0.4, -0.2) is 38.6 Å². The summed E-state index contributed by atoms with van der Waals surface area (Å²) in [5.41, 5.74) is 3.48. The second-order valence-corrected chi connectivity index (χ2v) is 8.09. The first kappa shape index (κ1) is 19.4. The average Bonchev–Trinajstić information content (AvgIpc) is 3.26. The molecule has 0 saturated carbocycles. The lowest BCUT2D eigenvalue weighted by molar-refractivity contribution is -0.121. The normalized spacial score (nSPS) is 15.4. The van der Waals surface area contributed by atoms with Crippen molar-refractivity contribution in [1.29, 1.82) is 0 Å². The fourth-order valence-electron chi connectivity index (χ4n) is 3.02. The van der Waals surface area contributed by atoms with Gasteiger partial charge in [0.15, 0.2) is 0 Å². The van der Waals surface area contributed by atoms with Crippen LogP contribution in [0, 0.1) is 0 Å². The van der Waals surface area contributed by atoms with Gasteiger partial charge in [-0.25, -0.2) is 4.68 Å². The Hall–Kier alpha value is -2.90. The van der Waals surface area contributed by atoms with Crippen LogP contribution in [0.5, 0.6) is 5.75 Å². The number of para-hydroxylation sites is 1. The van der Waals surface area contributed by atoms with Crippen molar-refractivity contribution >= 4 is 40.3 Å². The Bertz CT molecular complexity index is 1110. The maximum absolute atomic E-state index is 12.5. The summed E-state index contributed by atoms with van der Waals surface area (Å²) in [4.78, 5) is 14.6. The number of amides is 1. The van der Waals surface area contributed by atoms with E-state index in [0.29, 0.717) is 15.8 Å². The van der Waals surface area contributed by atoms with Crippen LogP contribution in [0.4, 0.5) is 0 Å². The zero-order valence-electron chi connectivity index (χ0n) is 16.0. The number of benzene rings is 2. The molecule has 0 N–H and O–H groups in total. The van der Waals surface area contributed by atoms with Gasteiger partial charge in [-0.3, -0.25) is 9.69 Å². The summed E-state index contributed by atoms with van der Waals surface area (Å²) in [5, 5.41) is 4.81. The standard InChI is InChI=1S/C22H19N3O2S2/c1-3-27-18-11-7-8-15(12-18)20-16(13-19-21(26)24(2)22(28)29-19)14-25(23-20)17-9-5-4-6-10-17/h4-14H,3H2,1-2H3. The van der Waals surface area contributed by atoms with E-state index < -0.39 is 0 Å². The number of thioether (sulfide) groups is 1. The number of carbonyl (C=O) groups excluding carboxylic acids is 1. The molecule has 2 aromatic carbocycles. The van der Waals surface area contributed by atoms with E-state index in [2.05, 4.69) is 0 Å². The van der Waals surface area contributed by atoms with E-state index >= 15 is 0 Å². The average molecular weight is 422 g/mol. The van der Waals surface area contributed by atoms with Crippen LogP contribution >= 0.6 is 24.0 Å². The number of hydrogen-bond donors (Lipinski definition) is 0. The summed E-state index contributed by atoms with van der Waals surface area (Å²) in [6, 6.07) is 17.7. The minimum absolute atomic E-state index is 0.0959. The van der Waals surface area contributed by atoms with Crippen LogP contribution in [-0.2, 0) is 4.79 Å². The third kappa shape index (κ3) is 3.97. The van der Waals surface area contributed by atoms with E-state index in [9.17, 15) is 4.79 Å². The first-order valence-electron chi connectivity index (χ1n) is 9.16. The fourth-order valence-corrected chi connectivity index (χ4v) is 4.19. The fraction of sp³-hybridized carbons (Fsp3) is 0.136. The van der Waals surface area contributed by atoms with Crippen molar-refractivity contribution in [1.82, 2.24) is 14.7 Å². The molecule has 0 unspecified atom stereocenters. The second kappa shape index (κ2) is 8.23. The van der Waals surface area contributed by atoms with Gasteiger partial charge in [0.05, 0.1) is 17.2 Å². The molecule has 29 heavy (non-hydrogen) atoms. The molecule has 0 atom stereocenters. The van der Waals surface area contributed by atoms with Crippen LogP contribution in [0.25, 0.3) is 23.0 Å². The Morgan fingerprint density at radius 2 is 1.97 bits per heavy atom. The van der Waals surface area contributed by atoms with E-state index in [0.717, 1.165) is 28.3 Å². The molecule has 5 nitrogen and oxygen atoms in total. The Morgan fingerprint density at radius 1 is 1.17 bits per heavy atom. The highest BCUT2D eigenvalue weighted by Gasteiger charge is 2.29. The molecule has 1 amide bonds. The number of nitrogens with zero attached hydrogens (tertiary/aromatic N) is 3. The molecule has 1 fully saturated rings. The van der Waals surface area contributed by atoms with Gasteiger partial charge in [-0.1, -0.05) is 54.3 Å². The number of likely N-dealkylation sites (N-methyl/N-ethyl adjacent to an activating group) is 1. The third-order valence-electron chi connectivity index (χ3n) is 4.45. The van der Waals surface area contributed by atoms with Crippen molar-refractivity contribution in [3.8, 4) is 22.7 Å². The smallest absolute Gasteiger partial charge is 0.265 e. The lowest BCUT2D eigenvalue weighted by Crippen LogP contribution is -2.22. The topological polar surface area (TPSA) is 47.4 Å². The van der Waals surface area contributed by atoms with Gasteiger partial charge in [0.1, 0.15) is 15.8 Å². The summed E-state index contributed by atoms with van der Waals surface area (Å²) in [6.45, 7) is 2.54. The zero-order valence-corrected chi connectivity index (χ0v) is 17.7. The van der Waals surface area contributed by atoms with Gasteiger partial charge in [-0.2, -0.15) is 5.10 Å². The summed E-state index contributed by atoms with van der Waals surface area (Å²) in [6.07, 6.45) is 3.79. The van der Waals surface area contributed by atoms with E-state index in [1.54, 1.807) is 7.05 Å². The highest BCUT2D eigenvalue weighted by atomic mass is 32.2. The minimum atomic E-state index is -0.0959. The number of ether oxygens (including phenoxy) is 1. The van der Waals surface area contributed by atoms with Gasteiger partial charge < -0.3 is 4.74 Å². The molecule has 7 heteroatoms. The Kier molecular flexibility index (Phi) is 5.51. The van der Waals surface area contributed by atoms with Crippen LogP contribution in [0.2, 0.25) is 0 Å². The van der Waals surface area contributed by atoms with Crippen LogP contribution < -0.4 is 4.74 Å². The molecule has 0 aliphatic carbocycles. The molecular formula is C22H19N3O2S2. The SMILES string of the molecule is CCOc1cccc(-c2nn(-c3ccccc3)cc2C=C2SC(=S)N(C)C2=O)c1. The highest BCUT2D eigenvalue weighted by molar-refractivity contribution is 8.26. The van der Waals surface area contributed by atoms with Crippen molar-refractivity contribution in [3.63, 3.8) is 0 Å². The Balaban J connectivity index is 1.83. The van der Waals surface area contributed by atoms with Crippen molar-refractivity contribution in [2.45, 2.75) is 6.92 Å². The van der Waals surface area contributed by atoms with Crippen molar-refractivity contribution in [2.24, 2.45) is 0 Å². The van der Waals surface area contributed by atoms with Gasteiger partial charge in [0, 0.05) is 24.4 Å². The van der Waals surface area contributed by atoms with Gasteiger partial charge in [0.25, 0.3) is 5.91 Å². The van der Waals surface area contributed by atoms with E-state index in [1.165, 1.54) is 16.7 Å². The number of aromatic nitrogens is 2. The van der Waals surface area contributed by atoms with Crippen molar-refractivity contribution in [2.75, 3.05) is 13.7 Å². The summed E-state index contributed by atoms with van der Waals surface area (Å²) >= 11 is 6.56. The molecular weight excluding hydrogens is 402 g/mol. The molecule has 4 rings (SSSR count).